The molecule has 0 aliphatic heterocycles. The normalized spacial score (nSPS) is 11.2. The summed E-state index contributed by atoms with van der Waals surface area (Å²) in [5, 5.41) is 11.9. The molecule has 0 unspecified atom stereocenters. The Labute approximate surface area is 157 Å². The molecule has 136 valence electrons. The van der Waals surface area contributed by atoms with E-state index >= 15 is 0 Å². The van der Waals surface area contributed by atoms with Crippen LogP contribution in [-0.2, 0) is 11.3 Å². The van der Waals surface area contributed by atoms with Crippen molar-refractivity contribution in [2.75, 3.05) is 14.2 Å². The summed E-state index contributed by atoms with van der Waals surface area (Å²) < 4.78 is 16.0. The first-order valence-electron chi connectivity index (χ1n) is 7.83. The summed E-state index contributed by atoms with van der Waals surface area (Å²) in [4.78, 5) is 12.2. The Morgan fingerprint density at radius 1 is 1.15 bits per heavy atom. The first-order chi connectivity index (χ1) is 12.5. The summed E-state index contributed by atoms with van der Waals surface area (Å²) in [5.74, 6) is 1.27. The van der Waals surface area contributed by atoms with Crippen molar-refractivity contribution < 1.29 is 19.0 Å². The van der Waals surface area contributed by atoms with Gasteiger partial charge in [-0.1, -0.05) is 17.7 Å². The van der Waals surface area contributed by atoms with Crippen LogP contribution in [0.15, 0.2) is 36.4 Å². The van der Waals surface area contributed by atoms with Gasteiger partial charge in [-0.15, -0.1) is 0 Å². The van der Waals surface area contributed by atoms with E-state index < -0.39 is 6.10 Å². The van der Waals surface area contributed by atoms with Crippen molar-refractivity contribution >= 4 is 17.5 Å². The zero-order valence-corrected chi connectivity index (χ0v) is 15.5. The fourth-order valence-corrected chi connectivity index (χ4v) is 2.46. The number of carbonyl (C=O) groups excluding carboxylic acids is 1. The second-order valence-electron chi connectivity index (χ2n) is 5.42. The van der Waals surface area contributed by atoms with Crippen LogP contribution in [0.2, 0.25) is 5.02 Å². The van der Waals surface area contributed by atoms with E-state index in [2.05, 4.69) is 5.32 Å². The van der Waals surface area contributed by atoms with Crippen molar-refractivity contribution in [3.63, 3.8) is 0 Å². The Morgan fingerprint density at radius 2 is 1.85 bits per heavy atom. The topological polar surface area (TPSA) is 80.6 Å². The van der Waals surface area contributed by atoms with Crippen LogP contribution in [0.4, 0.5) is 0 Å². The minimum atomic E-state index is -0.749. The average Bonchev–Trinajstić information content (AvgIpc) is 2.67. The number of nitriles is 1. The molecule has 0 aliphatic carbocycles. The van der Waals surface area contributed by atoms with Crippen molar-refractivity contribution in [1.29, 1.82) is 5.26 Å². The summed E-state index contributed by atoms with van der Waals surface area (Å²) in [6, 6.07) is 12.0. The van der Waals surface area contributed by atoms with E-state index in [4.69, 9.17) is 31.1 Å². The predicted octanol–water partition coefficient (Wildman–Crippen LogP) is 3.31. The standard InChI is InChI=1S/C19H19ClN2O4/c1-12(26-16-6-4-13(10-21)8-15(16)20)19(23)22-11-14-5-7-17(24-2)18(9-14)25-3/h4-9,12H,11H2,1-3H3,(H,22,23)/t12-/m1/s1. The van der Waals surface area contributed by atoms with E-state index in [1.165, 1.54) is 6.07 Å². The smallest absolute Gasteiger partial charge is 0.261 e. The van der Waals surface area contributed by atoms with E-state index in [1.807, 2.05) is 12.1 Å². The Balaban J connectivity index is 1.96. The zero-order chi connectivity index (χ0) is 19.1. The maximum atomic E-state index is 12.2. The molecule has 2 aromatic carbocycles. The van der Waals surface area contributed by atoms with Crippen molar-refractivity contribution in [2.45, 2.75) is 19.6 Å². The van der Waals surface area contributed by atoms with Crippen LogP contribution in [0.1, 0.15) is 18.1 Å². The highest BCUT2D eigenvalue weighted by molar-refractivity contribution is 6.32. The highest BCUT2D eigenvalue weighted by Gasteiger charge is 2.16. The lowest BCUT2D eigenvalue weighted by Crippen LogP contribution is -2.35. The van der Waals surface area contributed by atoms with Gasteiger partial charge in [0.2, 0.25) is 0 Å². The molecule has 6 nitrogen and oxygen atoms in total. The van der Waals surface area contributed by atoms with Gasteiger partial charge in [-0.25, -0.2) is 0 Å². The molecule has 7 heteroatoms. The molecule has 2 rings (SSSR count). The highest BCUT2D eigenvalue weighted by atomic mass is 35.5. The Kier molecular flexibility index (Phi) is 6.70. The number of ether oxygens (including phenoxy) is 3. The summed E-state index contributed by atoms with van der Waals surface area (Å²) in [6.07, 6.45) is -0.749. The summed E-state index contributed by atoms with van der Waals surface area (Å²) in [7, 11) is 3.12. The molecular weight excluding hydrogens is 356 g/mol. The first-order valence-corrected chi connectivity index (χ1v) is 8.21. The fourth-order valence-electron chi connectivity index (χ4n) is 2.23. The van der Waals surface area contributed by atoms with Gasteiger partial charge in [-0.2, -0.15) is 5.26 Å². The van der Waals surface area contributed by atoms with E-state index in [1.54, 1.807) is 45.4 Å². The molecule has 0 aromatic heterocycles. The maximum absolute atomic E-state index is 12.2. The lowest BCUT2D eigenvalue weighted by molar-refractivity contribution is -0.127. The SMILES string of the molecule is COc1ccc(CNC(=O)[C@@H](C)Oc2ccc(C#N)cc2Cl)cc1OC. The van der Waals surface area contributed by atoms with Crippen molar-refractivity contribution in [2.24, 2.45) is 0 Å². The number of carbonyl (C=O) groups is 1. The molecule has 0 heterocycles. The van der Waals surface area contributed by atoms with Crippen molar-refractivity contribution in [1.82, 2.24) is 5.32 Å². The van der Waals surface area contributed by atoms with E-state index in [0.29, 0.717) is 29.4 Å². The van der Waals surface area contributed by atoms with Crippen LogP contribution < -0.4 is 19.5 Å². The third kappa shape index (κ3) is 4.80. The molecule has 1 N–H and O–H groups in total. The molecule has 0 saturated heterocycles. The predicted molar refractivity (Wildman–Crippen MR) is 97.6 cm³/mol. The van der Waals surface area contributed by atoms with Gasteiger partial charge in [0, 0.05) is 6.54 Å². The lowest BCUT2D eigenvalue weighted by Gasteiger charge is -2.16. The van der Waals surface area contributed by atoms with Crippen molar-refractivity contribution in [3.8, 4) is 23.3 Å². The van der Waals surface area contributed by atoms with Gasteiger partial charge in [0.05, 0.1) is 30.9 Å². The van der Waals surface area contributed by atoms with Gasteiger partial charge >= 0.3 is 0 Å². The van der Waals surface area contributed by atoms with E-state index in [0.717, 1.165) is 5.56 Å². The number of hydrogen-bond acceptors (Lipinski definition) is 5. The number of amides is 1. The highest BCUT2D eigenvalue weighted by Crippen LogP contribution is 2.28. The third-order valence-electron chi connectivity index (χ3n) is 3.65. The lowest BCUT2D eigenvalue weighted by atomic mass is 10.2. The number of rotatable bonds is 7. The Morgan fingerprint density at radius 3 is 2.46 bits per heavy atom. The molecule has 0 saturated carbocycles. The molecule has 0 bridgehead atoms. The largest absolute Gasteiger partial charge is 0.493 e. The number of nitrogens with one attached hydrogen (secondary N) is 1. The van der Waals surface area contributed by atoms with Gasteiger partial charge in [-0.3, -0.25) is 4.79 Å². The molecule has 1 amide bonds. The van der Waals surface area contributed by atoms with Crippen molar-refractivity contribution in [3.05, 3.63) is 52.5 Å². The molecule has 26 heavy (non-hydrogen) atoms. The van der Waals surface area contributed by atoms with Crippen LogP contribution in [0.5, 0.6) is 17.2 Å². The fraction of sp³-hybridized carbons (Fsp3) is 0.263. The molecule has 0 aliphatic rings. The summed E-state index contributed by atoms with van der Waals surface area (Å²) in [5.41, 5.74) is 1.28. The second kappa shape index (κ2) is 8.97. The summed E-state index contributed by atoms with van der Waals surface area (Å²) >= 11 is 6.06. The number of benzene rings is 2. The van der Waals surface area contributed by atoms with Crippen LogP contribution in [0, 0.1) is 11.3 Å². The summed E-state index contributed by atoms with van der Waals surface area (Å²) in [6.45, 7) is 1.94. The molecule has 0 fully saturated rings. The zero-order valence-electron chi connectivity index (χ0n) is 14.7. The van der Waals surface area contributed by atoms with Crippen LogP contribution in [-0.4, -0.2) is 26.2 Å². The van der Waals surface area contributed by atoms with Gasteiger partial charge < -0.3 is 19.5 Å². The second-order valence-corrected chi connectivity index (χ2v) is 5.83. The average molecular weight is 375 g/mol. The number of methoxy groups -OCH3 is 2. The van der Waals surface area contributed by atoms with E-state index in [9.17, 15) is 4.79 Å². The van der Waals surface area contributed by atoms with Gasteiger partial charge in [0.25, 0.3) is 5.91 Å². The van der Waals surface area contributed by atoms with Crippen LogP contribution in [0.3, 0.4) is 0 Å². The quantitative estimate of drug-likeness (QED) is 0.804. The van der Waals surface area contributed by atoms with Gasteiger partial charge in [0.1, 0.15) is 5.75 Å². The number of halogens is 1. The molecule has 0 spiro atoms. The minimum absolute atomic E-state index is 0.281. The van der Waals surface area contributed by atoms with Crippen LogP contribution >= 0.6 is 11.6 Å². The Bertz CT molecular complexity index is 833. The van der Waals surface area contributed by atoms with Gasteiger partial charge in [-0.05, 0) is 42.8 Å². The molecular formula is C19H19ClN2O4. The monoisotopic (exact) mass is 374 g/mol. The van der Waals surface area contributed by atoms with Crippen LogP contribution in [0.25, 0.3) is 0 Å². The molecule has 1 atom stereocenters. The first kappa shape index (κ1) is 19.4. The maximum Gasteiger partial charge on any atom is 0.261 e. The number of hydrogen-bond donors (Lipinski definition) is 1. The number of nitrogens with zero attached hydrogens (tertiary/aromatic N) is 1. The molecule has 0 radical (unpaired) electrons. The third-order valence-corrected chi connectivity index (χ3v) is 3.94. The molecule has 2 aromatic rings. The Hall–Kier alpha value is -2.91. The van der Waals surface area contributed by atoms with Gasteiger partial charge in [0.15, 0.2) is 17.6 Å². The van der Waals surface area contributed by atoms with E-state index in [-0.39, 0.29) is 10.9 Å². The minimum Gasteiger partial charge on any atom is -0.493 e.